The molecular formula is C13H17NO4. The monoisotopic (exact) mass is 251 g/mol. The van der Waals surface area contributed by atoms with Crippen LogP contribution in [0.25, 0.3) is 0 Å². The van der Waals surface area contributed by atoms with Gasteiger partial charge in [-0.2, -0.15) is 0 Å². The van der Waals surface area contributed by atoms with Crippen LogP contribution in [0.3, 0.4) is 0 Å². The number of carboxylic acid groups (broad SMARTS) is 1. The summed E-state index contributed by atoms with van der Waals surface area (Å²) in [6, 6.07) is 7.19. The highest BCUT2D eigenvalue weighted by atomic mass is 16.5. The zero-order valence-corrected chi connectivity index (χ0v) is 10.5. The molecule has 2 N–H and O–H groups in total. The highest BCUT2D eigenvalue weighted by molar-refractivity contribution is 5.86. The molecule has 1 aromatic carbocycles. The topological polar surface area (TPSA) is 75.6 Å². The highest BCUT2D eigenvalue weighted by Gasteiger charge is 2.18. The fourth-order valence-corrected chi connectivity index (χ4v) is 1.69. The molecule has 98 valence electrons. The van der Waals surface area contributed by atoms with Crippen LogP contribution in [0.4, 0.5) is 0 Å². The van der Waals surface area contributed by atoms with Crippen molar-refractivity contribution in [3.8, 4) is 5.75 Å². The van der Waals surface area contributed by atoms with Crippen LogP contribution in [0.1, 0.15) is 24.8 Å². The molecule has 0 saturated carbocycles. The number of aliphatic carboxylic acids is 1. The Kier molecular flexibility index (Phi) is 5.17. The Morgan fingerprint density at radius 2 is 1.94 bits per heavy atom. The van der Waals surface area contributed by atoms with Crippen LogP contribution in [0.5, 0.6) is 5.75 Å². The van der Waals surface area contributed by atoms with Crippen LogP contribution in [0.15, 0.2) is 24.3 Å². The lowest BCUT2D eigenvalue weighted by molar-refractivity contribution is -0.138. The lowest BCUT2D eigenvalue weighted by Crippen LogP contribution is -2.33. The molecule has 18 heavy (non-hydrogen) atoms. The summed E-state index contributed by atoms with van der Waals surface area (Å²) in [7, 11) is 1.58. The molecule has 1 amide bonds. The number of hydrogen-bond donors (Lipinski definition) is 2. The third-order valence-electron chi connectivity index (χ3n) is 2.66. The summed E-state index contributed by atoms with van der Waals surface area (Å²) in [6.07, 6.45) is 0.609. The first kappa shape index (κ1) is 14.0. The minimum atomic E-state index is -1.05. The minimum Gasteiger partial charge on any atom is -0.497 e. The Labute approximate surface area is 106 Å². The molecule has 1 unspecified atom stereocenters. The molecular weight excluding hydrogens is 234 g/mol. The SMILES string of the molecule is CCC(C(=O)NCC(=O)O)c1ccc(OC)cc1. The maximum Gasteiger partial charge on any atom is 0.322 e. The van der Waals surface area contributed by atoms with E-state index in [1.807, 2.05) is 19.1 Å². The molecule has 0 aromatic heterocycles. The molecule has 0 aliphatic rings. The van der Waals surface area contributed by atoms with E-state index in [9.17, 15) is 9.59 Å². The van der Waals surface area contributed by atoms with Crippen LogP contribution in [0, 0.1) is 0 Å². The molecule has 0 fully saturated rings. The summed E-state index contributed by atoms with van der Waals surface area (Å²) >= 11 is 0. The van der Waals surface area contributed by atoms with Crippen molar-refractivity contribution < 1.29 is 19.4 Å². The van der Waals surface area contributed by atoms with Crippen LogP contribution < -0.4 is 10.1 Å². The summed E-state index contributed by atoms with van der Waals surface area (Å²) < 4.78 is 5.04. The maximum atomic E-state index is 11.8. The smallest absolute Gasteiger partial charge is 0.322 e. The van der Waals surface area contributed by atoms with Gasteiger partial charge in [-0.15, -0.1) is 0 Å². The molecule has 5 heteroatoms. The van der Waals surface area contributed by atoms with Crippen LogP contribution in [-0.2, 0) is 9.59 Å². The Balaban J connectivity index is 2.74. The second-order valence-electron chi connectivity index (χ2n) is 3.85. The number of rotatable bonds is 6. The Hall–Kier alpha value is -2.04. The van der Waals surface area contributed by atoms with Crippen molar-refractivity contribution in [1.29, 1.82) is 0 Å². The summed E-state index contributed by atoms with van der Waals surface area (Å²) in [5.74, 6) is -0.937. The van der Waals surface area contributed by atoms with Crippen LogP contribution in [-0.4, -0.2) is 30.6 Å². The van der Waals surface area contributed by atoms with Crippen molar-refractivity contribution in [1.82, 2.24) is 5.32 Å². The molecule has 0 heterocycles. The number of hydrogen-bond acceptors (Lipinski definition) is 3. The number of ether oxygens (including phenoxy) is 1. The van der Waals surface area contributed by atoms with E-state index in [4.69, 9.17) is 9.84 Å². The van der Waals surface area contributed by atoms with E-state index in [1.165, 1.54) is 0 Å². The van der Waals surface area contributed by atoms with E-state index < -0.39 is 5.97 Å². The molecule has 0 aliphatic heterocycles. The van der Waals surface area contributed by atoms with Gasteiger partial charge in [0.2, 0.25) is 5.91 Å². The molecule has 1 atom stereocenters. The molecule has 0 saturated heterocycles. The van der Waals surface area contributed by atoms with Gasteiger partial charge in [-0.05, 0) is 24.1 Å². The molecule has 1 rings (SSSR count). The highest BCUT2D eigenvalue weighted by Crippen LogP contribution is 2.22. The fraction of sp³-hybridized carbons (Fsp3) is 0.385. The van der Waals surface area contributed by atoms with Crippen molar-refractivity contribution >= 4 is 11.9 Å². The number of carbonyl (C=O) groups excluding carboxylic acids is 1. The molecule has 0 bridgehead atoms. The second-order valence-corrected chi connectivity index (χ2v) is 3.85. The Morgan fingerprint density at radius 1 is 1.33 bits per heavy atom. The first-order valence-corrected chi connectivity index (χ1v) is 5.72. The van der Waals surface area contributed by atoms with Gasteiger partial charge >= 0.3 is 5.97 Å². The van der Waals surface area contributed by atoms with E-state index in [0.29, 0.717) is 6.42 Å². The third-order valence-corrected chi connectivity index (χ3v) is 2.66. The number of carbonyl (C=O) groups is 2. The fourth-order valence-electron chi connectivity index (χ4n) is 1.69. The van der Waals surface area contributed by atoms with Gasteiger partial charge in [0, 0.05) is 0 Å². The average molecular weight is 251 g/mol. The van der Waals surface area contributed by atoms with Gasteiger partial charge in [0.05, 0.1) is 13.0 Å². The van der Waals surface area contributed by atoms with E-state index in [1.54, 1.807) is 19.2 Å². The lowest BCUT2D eigenvalue weighted by atomic mass is 9.95. The summed E-state index contributed by atoms with van der Waals surface area (Å²) in [5.41, 5.74) is 0.848. The van der Waals surface area contributed by atoms with Gasteiger partial charge in [0.25, 0.3) is 0 Å². The van der Waals surface area contributed by atoms with Gasteiger partial charge in [-0.3, -0.25) is 9.59 Å². The predicted octanol–water partition coefficient (Wildman–Crippen LogP) is 1.39. The van der Waals surface area contributed by atoms with Crippen LogP contribution >= 0.6 is 0 Å². The predicted molar refractivity (Wildman–Crippen MR) is 66.7 cm³/mol. The van der Waals surface area contributed by atoms with E-state index in [0.717, 1.165) is 11.3 Å². The normalized spacial score (nSPS) is 11.7. The van der Waals surface area contributed by atoms with E-state index in [2.05, 4.69) is 5.32 Å². The minimum absolute atomic E-state index is 0.273. The largest absolute Gasteiger partial charge is 0.497 e. The van der Waals surface area contributed by atoms with Crippen molar-refractivity contribution in [2.24, 2.45) is 0 Å². The van der Waals surface area contributed by atoms with E-state index >= 15 is 0 Å². The first-order chi connectivity index (χ1) is 8.58. The van der Waals surface area contributed by atoms with Gasteiger partial charge < -0.3 is 15.2 Å². The van der Waals surface area contributed by atoms with Crippen molar-refractivity contribution in [3.05, 3.63) is 29.8 Å². The Morgan fingerprint density at radius 3 is 2.39 bits per heavy atom. The van der Waals surface area contributed by atoms with Crippen molar-refractivity contribution in [3.63, 3.8) is 0 Å². The van der Waals surface area contributed by atoms with Crippen LogP contribution in [0.2, 0.25) is 0 Å². The number of benzene rings is 1. The van der Waals surface area contributed by atoms with Gasteiger partial charge in [-0.1, -0.05) is 19.1 Å². The summed E-state index contributed by atoms with van der Waals surface area (Å²) in [4.78, 5) is 22.2. The van der Waals surface area contributed by atoms with Gasteiger partial charge in [0.1, 0.15) is 12.3 Å². The first-order valence-electron chi connectivity index (χ1n) is 5.72. The zero-order chi connectivity index (χ0) is 13.5. The number of methoxy groups -OCH3 is 1. The average Bonchev–Trinajstić information content (AvgIpc) is 2.38. The second kappa shape index (κ2) is 6.64. The van der Waals surface area contributed by atoms with E-state index in [-0.39, 0.29) is 18.4 Å². The number of nitrogens with one attached hydrogen (secondary N) is 1. The lowest BCUT2D eigenvalue weighted by Gasteiger charge is -2.15. The molecule has 1 aromatic rings. The molecule has 0 spiro atoms. The Bertz CT molecular complexity index is 414. The third kappa shape index (κ3) is 3.76. The number of carboxylic acids is 1. The quantitative estimate of drug-likeness (QED) is 0.801. The maximum absolute atomic E-state index is 11.8. The van der Waals surface area contributed by atoms with Gasteiger partial charge in [-0.25, -0.2) is 0 Å². The number of amides is 1. The summed E-state index contributed by atoms with van der Waals surface area (Å²) in [5, 5.41) is 10.9. The molecule has 0 radical (unpaired) electrons. The summed E-state index contributed by atoms with van der Waals surface area (Å²) in [6.45, 7) is 1.53. The van der Waals surface area contributed by atoms with Crippen molar-refractivity contribution in [2.75, 3.05) is 13.7 Å². The van der Waals surface area contributed by atoms with Gasteiger partial charge in [0.15, 0.2) is 0 Å². The standard InChI is InChI=1S/C13H17NO4/c1-3-11(13(17)14-8-12(15)16)9-4-6-10(18-2)7-5-9/h4-7,11H,3,8H2,1-2H3,(H,14,17)(H,15,16). The molecule has 5 nitrogen and oxygen atoms in total. The molecule has 0 aliphatic carbocycles. The zero-order valence-electron chi connectivity index (χ0n) is 10.5. The van der Waals surface area contributed by atoms with Crippen molar-refractivity contribution in [2.45, 2.75) is 19.3 Å².